The molecular weight excluding hydrogens is 266 g/mol. The number of hydrogen-bond acceptors (Lipinski definition) is 4. The summed E-state index contributed by atoms with van der Waals surface area (Å²) in [4.78, 5) is 1.97. The third kappa shape index (κ3) is 6.36. The first-order valence-corrected chi connectivity index (χ1v) is 6.69. The lowest BCUT2D eigenvalue weighted by Gasteiger charge is -2.21. The number of methoxy groups -OCH3 is 1. The van der Waals surface area contributed by atoms with Crippen molar-refractivity contribution in [1.29, 1.82) is 0 Å². The molecule has 4 nitrogen and oxygen atoms in total. The van der Waals surface area contributed by atoms with E-state index in [-0.39, 0.29) is 0 Å². The summed E-state index contributed by atoms with van der Waals surface area (Å²) in [6, 6.07) is 7.24. The first-order chi connectivity index (χ1) is 9.02. The zero-order valence-corrected chi connectivity index (χ0v) is 12.2. The molecule has 0 radical (unpaired) electrons. The number of aliphatic hydroxyl groups excluding tert-OH is 2. The van der Waals surface area contributed by atoms with Gasteiger partial charge in [0, 0.05) is 25.2 Å². The van der Waals surface area contributed by atoms with Crippen molar-refractivity contribution < 1.29 is 14.9 Å². The van der Waals surface area contributed by atoms with Gasteiger partial charge in [-0.1, -0.05) is 23.7 Å². The van der Waals surface area contributed by atoms with Crippen molar-refractivity contribution in [2.24, 2.45) is 0 Å². The van der Waals surface area contributed by atoms with Crippen LogP contribution in [0.15, 0.2) is 24.3 Å². The number of hydrogen-bond donors (Lipinski definition) is 2. The van der Waals surface area contributed by atoms with Crippen molar-refractivity contribution in [1.82, 2.24) is 4.90 Å². The Bertz CT molecular complexity index is 375. The Morgan fingerprint density at radius 2 is 2.11 bits per heavy atom. The third-order valence-electron chi connectivity index (χ3n) is 2.90. The van der Waals surface area contributed by atoms with Crippen LogP contribution in [0.3, 0.4) is 0 Å². The SMILES string of the molecule is COCC(O)CN(C)CCC(O)c1cccc(Cl)c1. The maximum atomic E-state index is 10.1. The molecule has 1 aromatic rings. The normalized spacial score (nSPS) is 14.6. The largest absolute Gasteiger partial charge is 0.389 e. The molecule has 0 amide bonds. The van der Waals surface area contributed by atoms with Crippen LogP contribution in [0.5, 0.6) is 0 Å². The lowest BCUT2D eigenvalue weighted by molar-refractivity contribution is 0.0398. The first kappa shape index (κ1) is 16.4. The maximum absolute atomic E-state index is 10.1. The Labute approximate surface area is 119 Å². The summed E-state index contributed by atoms with van der Waals surface area (Å²) >= 11 is 5.89. The summed E-state index contributed by atoms with van der Waals surface area (Å²) in [5.74, 6) is 0. The Balaban J connectivity index is 2.35. The van der Waals surface area contributed by atoms with E-state index < -0.39 is 12.2 Å². The van der Waals surface area contributed by atoms with Crippen molar-refractivity contribution >= 4 is 11.6 Å². The van der Waals surface area contributed by atoms with Crippen LogP contribution < -0.4 is 0 Å². The molecule has 0 bridgehead atoms. The third-order valence-corrected chi connectivity index (χ3v) is 3.13. The molecule has 0 saturated heterocycles. The van der Waals surface area contributed by atoms with Crippen molar-refractivity contribution in [3.63, 3.8) is 0 Å². The van der Waals surface area contributed by atoms with Gasteiger partial charge in [0.15, 0.2) is 0 Å². The number of ether oxygens (including phenoxy) is 1. The van der Waals surface area contributed by atoms with Gasteiger partial charge in [0.1, 0.15) is 0 Å². The molecule has 0 aliphatic heterocycles. The number of halogens is 1. The Hall–Kier alpha value is -0.650. The Kier molecular flexibility index (Phi) is 7.34. The molecule has 0 fully saturated rings. The highest BCUT2D eigenvalue weighted by Crippen LogP contribution is 2.20. The minimum Gasteiger partial charge on any atom is -0.389 e. The lowest BCUT2D eigenvalue weighted by Crippen LogP contribution is -2.33. The van der Waals surface area contributed by atoms with Gasteiger partial charge in [-0.05, 0) is 31.2 Å². The van der Waals surface area contributed by atoms with E-state index in [1.807, 2.05) is 24.1 Å². The molecule has 2 N–H and O–H groups in total. The van der Waals surface area contributed by atoms with Gasteiger partial charge >= 0.3 is 0 Å². The van der Waals surface area contributed by atoms with Crippen molar-refractivity contribution in [2.75, 3.05) is 33.9 Å². The fraction of sp³-hybridized carbons (Fsp3) is 0.571. The van der Waals surface area contributed by atoms with Gasteiger partial charge in [-0.2, -0.15) is 0 Å². The van der Waals surface area contributed by atoms with E-state index in [1.54, 1.807) is 19.2 Å². The predicted octanol–water partition coefficient (Wildman–Crippen LogP) is 1.70. The van der Waals surface area contributed by atoms with Crippen LogP contribution >= 0.6 is 11.6 Å². The van der Waals surface area contributed by atoms with Gasteiger partial charge in [-0.25, -0.2) is 0 Å². The zero-order valence-electron chi connectivity index (χ0n) is 11.4. The molecule has 0 aliphatic carbocycles. The molecule has 0 saturated carbocycles. The van der Waals surface area contributed by atoms with Gasteiger partial charge in [-0.3, -0.25) is 0 Å². The van der Waals surface area contributed by atoms with Crippen LogP contribution in [0.4, 0.5) is 0 Å². The van der Waals surface area contributed by atoms with Crippen LogP contribution in [-0.4, -0.2) is 55.1 Å². The predicted molar refractivity (Wildman–Crippen MR) is 76.4 cm³/mol. The molecule has 0 spiro atoms. The second kappa shape index (κ2) is 8.51. The highest BCUT2D eigenvalue weighted by Gasteiger charge is 2.12. The van der Waals surface area contributed by atoms with E-state index in [9.17, 15) is 10.2 Å². The molecule has 19 heavy (non-hydrogen) atoms. The standard InChI is InChI=1S/C14H22ClNO3/c1-16(9-13(17)10-19-2)7-6-14(18)11-4-3-5-12(15)8-11/h3-5,8,13-14,17-18H,6-7,9-10H2,1-2H3. The topological polar surface area (TPSA) is 52.9 Å². The monoisotopic (exact) mass is 287 g/mol. The Morgan fingerprint density at radius 1 is 1.37 bits per heavy atom. The molecule has 5 heteroatoms. The minimum atomic E-state index is -0.541. The minimum absolute atomic E-state index is 0.321. The smallest absolute Gasteiger partial charge is 0.0899 e. The van der Waals surface area contributed by atoms with Gasteiger partial charge < -0.3 is 19.8 Å². The molecule has 0 aliphatic rings. The van der Waals surface area contributed by atoms with Crippen LogP contribution in [0.2, 0.25) is 5.02 Å². The van der Waals surface area contributed by atoms with E-state index >= 15 is 0 Å². The molecule has 0 heterocycles. The zero-order chi connectivity index (χ0) is 14.3. The second-order valence-corrected chi connectivity index (χ2v) is 5.17. The van der Waals surface area contributed by atoms with E-state index in [2.05, 4.69) is 0 Å². The van der Waals surface area contributed by atoms with Crippen LogP contribution in [0.1, 0.15) is 18.1 Å². The van der Waals surface area contributed by atoms with Gasteiger partial charge in [0.05, 0.1) is 18.8 Å². The molecular formula is C14H22ClNO3. The molecule has 2 atom stereocenters. The summed E-state index contributed by atoms with van der Waals surface area (Å²) < 4.78 is 4.87. The number of nitrogens with zero attached hydrogens (tertiary/aromatic N) is 1. The van der Waals surface area contributed by atoms with E-state index in [1.165, 1.54) is 0 Å². The van der Waals surface area contributed by atoms with Crippen LogP contribution in [0.25, 0.3) is 0 Å². The maximum Gasteiger partial charge on any atom is 0.0899 e. The van der Waals surface area contributed by atoms with Gasteiger partial charge in [0.2, 0.25) is 0 Å². The molecule has 2 unspecified atom stereocenters. The first-order valence-electron chi connectivity index (χ1n) is 6.32. The fourth-order valence-corrected chi connectivity index (χ4v) is 2.12. The fourth-order valence-electron chi connectivity index (χ4n) is 1.92. The van der Waals surface area contributed by atoms with Crippen molar-refractivity contribution in [3.8, 4) is 0 Å². The lowest BCUT2D eigenvalue weighted by atomic mass is 10.1. The summed E-state index contributed by atoms with van der Waals surface area (Å²) in [5.41, 5.74) is 0.818. The van der Waals surface area contributed by atoms with Gasteiger partial charge in [-0.15, -0.1) is 0 Å². The molecule has 108 valence electrons. The quantitative estimate of drug-likeness (QED) is 0.764. The molecule has 0 aromatic heterocycles. The average molecular weight is 288 g/mol. The van der Waals surface area contributed by atoms with Crippen molar-refractivity contribution in [2.45, 2.75) is 18.6 Å². The summed E-state index contributed by atoms with van der Waals surface area (Å²) in [7, 11) is 3.47. The van der Waals surface area contributed by atoms with Crippen LogP contribution in [-0.2, 0) is 4.74 Å². The number of rotatable bonds is 8. The highest BCUT2D eigenvalue weighted by atomic mass is 35.5. The summed E-state index contributed by atoms with van der Waals surface area (Å²) in [6.07, 6.45) is -0.449. The Morgan fingerprint density at radius 3 is 2.74 bits per heavy atom. The second-order valence-electron chi connectivity index (χ2n) is 4.73. The van der Waals surface area contributed by atoms with E-state index in [0.717, 1.165) is 5.56 Å². The summed E-state index contributed by atoms with van der Waals surface area (Å²) in [6.45, 7) is 1.53. The molecule has 1 rings (SSSR count). The number of aliphatic hydroxyl groups is 2. The summed E-state index contributed by atoms with van der Waals surface area (Å²) in [5, 5.41) is 20.3. The highest BCUT2D eigenvalue weighted by molar-refractivity contribution is 6.30. The van der Waals surface area contributed by atoms with E-state index in [0.29, 0.717) is 31.1 Å². The van der Waals surface area contributed by atoms with Gasteiger partial charge in [0.25, 0.3) is 0 Å². The number of benzene rings is 1. The van der Waals surface area contributed by atoms with E-state index in [4.69, 9.17) is 16.3 Å². The average Bonchev–Trinajstić information content (AvgIpc) is 2.36. The van der Waals surface area contributed by atoms with Crippen LogP contribution in [0, 0.1) is 0 Å². The van der Waals surface area contributed by atoms with Crippen molar-refractivity contribution in [3.05, 3.63) is 34.9 Å². The number of likely N-dealkylation sites (N-methyl/N-ethyl adjacent to an activating group) is 1. The molecule has 1 aromatic carbocycles.